The molecule has 1 atom stereocenters. The Kier molecular flexibility index (Phi) is 4.54. The number of carbonyl (C=O) groups excluding carboxylic acids is 1. The van der Waals surface area contributed by atoms with Crippen molar-refractivity contribution in [2.75, 3.05) is 31.1 Å². The molecular weight excluding hydrogens is 262 g/mol. The second-order valence-corrected chi connectivity index (χ2v) is 6.30. The lowest BCUT2D eigenvalue weighted by Crippen LogP contribution is -2.47. The van der Waals surface area contributed by atoms with Gasteiger partial charge >= 0.3 is 0 Å². The molecule has 3 heterocycles. The van der Waals surface area contributed by atoms with Crippen LogP contribution in [0.2, 0.25) is 0 Å². The van der Waals surface area contributed by atoms with Gasteiger partial charge in [-0.3, -0.25) is 9.69 Å². The molecule has 4 heteroatoms. The largest absolute Gasteiger partial charge is 0.303 e. The van der Waals surface area contributed by atoms with Crippen LogP contribution in [0.25, 0.3) is 0 Å². The van der Waals surface area contributed by atoms with Gasteiger partial charge in [0.15, 0.2) is 0 Å². The molecule has 0 aromatic carbocycles. The van der Waals surface area contributed by atoms with Gasteiger partial charge in [0.2, 0.25) is 5.91 Å². The third kappa shape index (κ3) is 3.43. The highest BCUT2D eigenvalue weighted by Crippen LogP contribution is 2.25. The van der Waals surface area contributed by atoms with Crippen molar-refractivity contribution in [3.05, 3.63) is 23.9 Å². The van der Waals surface area contributed by atoms with Crippen molar-refractivity contribution in [1.29, 1.82) is 0 Å². The van der Waals surface area contributed by atoms with E-state index in [4.69, 9.17) is 0 Å². The van der Waals surface area contributed by atoms with E-state index in [9.17, 15) is 4.79 Å². The van der Waals surface area contributed by atoms with E-state index in [0.717, 1.165) is 43.9 Å². The smallest absolute Gasteiger partial charge is 0.228 e. The molecule has 0 radical (unpaired) electrons. The molecule has 2 aliphatic rings. The molecule has 3 rings (SSSR count). The number of hydrogen-bond acceptors (Lipinski definition) is 3. The van der Waals surface area contributed by atoms with Gasteiger partial charge in [0.05, 0.1) is 0 Å². The van der Waals surface area contributed by atoms with Crippen LogP contribution in [0.3, 0.4) is 0 Å². The first-order chi connectivity index (χ1) is 10.3. The Labute approximate surface area is 127 Å². The summed E-state index contributed by atoms with van der Waals surface area (Å²) < 4.78 is 0. The van der Waals surface area contributed by atoms with E-state index in [1.807, 2.05) is 17.0 Å². The minimum atomic E-state index is 0.232. The molecule has 0 saturated carbocycles. The van der Waals surface area contributed by atoms with Crippen LogP contribution < -0.4 is 4.90 Å². The zero-order chi connectivity index (χ0) is 14.7. The SMILES string of the molecule is CCCc1cccc(N2CC(CN3CCC3)CCC2=O)n1. The van der Waals surface area contributed by atoms with Gasteiger partial charge in [-0.15, -0.1) is 0 Å². The third-order valence-electron chi connectivity index (χ3n) is 4.55. The highest BCUT2D eigenvalue weighted by Gasteiger charge is 2.29. The van der Waals surface area contributed by atoms with Gasteiger partial charge in [0.25, 0.3) is 0 Å². The van der Waals surface area contributed by atoms with Gasteiger partial charge in [-0.05, 0) is 50.4 Å². The van der Waals surface area contributed by atoms with Crippen molar-refractivity contribution in [2.45, 2.75) is 39.0 Å². The van der Waals surface area contributed by atoms with Crippen LogP contribution in [0.15, 0.2) is 18.2 Å². The summed E-state index contributed by atoms with van der Waals surface area (Å²) in [7, 11) is 0. The van der Waals surface area contributed by atoms with Crippen molar-refractivity contribution in [1.82, 2.24) is 9.88 Å². The Morgan fingerprint density at radius 3 is 2.90 bits per heavy atom. The monoisotopic (exact) mass is 287 g/mol. The van der Waals surface area contributed by atoms with Crippen molar-refractivity contribution in [3.63, 3.8) is 0 Å². The van der Waals surface area contributed by atoms with Crippen molar-refractivity contribution < 1.29 is 4.79 Å². The quantitative estimate of drug-likeness (QED) is 0.835. The zero-order valence-corrected chi connectivity index (χ0v) is 12.9. The van der Waals surface area contributed by atoms with Crippen LogP contribution >= 0.6 is 0 Å². The van der Waals surface area contributed by atoms with E-state index in [0.29, 0.717) is 12.3 Å². The standard InChI is InChI=1S/C17H25N3O/c1-2-5-15-6-3-7-16(18-15)20-13-14(8-9-17(20)21)12-19-10-4-11-19/h3,6-7,14H,2,4-5,8-13H2,1H3. The first kappa shape index (κ1) is 14.5. The molecule has 1 aromatic rings. The normalized spacial score (nSPS) is 23.2. The summed E-state index contributed by atoms with van der Waals surface area (Å²) in [6.07, 6.45) is 5.09. The van der Waals surface area contributed by atoms with Gasteiger partial charge in [-0.25, -0.2) is 4.98 Å². The fourth-order valence-corrected chi connectivity index (χ4v) is 3.23. The number of aromatic nitrogens is 1. The number of anilines is 1. The number of carbonyl (C=O) groups is 1. The minimum absolute atomic E-state index is 0.232. The Morgan fingerprint density at radius 1 is 1.33 bits per heavy atom. The molecule has 2 aliphatic heterocycles. The summed E-state index contributed by atoms with van der Waals surface area (Å²) in [5, 5.41) is 0. The van der Waals surface area contributed by atoms with Crippen LogP contribution in [-0.2, 0) is 11.2 Å². The molecule has 21 heavy (non-hydrogen) atoms. The summed E-state index contributed by atoms with van der Waals surface area (Å²) in [6, 6.07) is 6.06. The van der Waals surface area contributed by atoms with Crippen LogP contribution in [-0.4, -0.2) is 42.0 Å². The second-order valence-electron chi connectivity index (χ2n) is 6.30. The number of pyridine rings is 1. The summed E-state index contributed by atoms with van der Waals surface area (Å²) >= 11 is 0. The lowest BCUT2D eigenvalue weighted by atomic mass is 9.95. The van der Waals surface area contributed by atoms with Crippen LogP contribution in [0, 0.1) is 5.92 Å². The number of piperidine rings is 1. The van der Waals surface area contributed by atoms with Crippen molar-refractivity contribution in [3.8, 4) is 0 Å². The Hall–Kier alpha value is -1.42. The maximum Gasteiger partial charge on any atom is 0.228 e. The molecule has 0 spiro atoms. The number of rotatable bonds is 5. The number of aryl methyl sites for hydroxylation is 1. The first-order valence-corrected chi connectivity index (χ1v) is 8.25. The maximum atomic E-state index is 12.3. The molecule has 1 aromatic heterocycles. The Balaban J connectivity index is 1.69. The molecule has 1 amide bonds. The van der Waals surface area contributed by atoms with E-state index in [2.05, 4.69) is 22.9 Å². The van der Waals surface area contributed by atoms with Gasteiger partial charge in [-0.1, -0.05) is 19.4 Å². The number of amides is 1. The lowest BCUT2D eigenvalue weighted by Gasteiger charge is -2.38. The van der Waals surface area contributed by atoms with Crippen LogP contribution in [0.5, 0.6) is 0 Å². The molecule has 2 fully saturated rings. The topological polar surface area (TPSA) is 36.4 Å². The fourth-order valence-electron chi connectivity index (χ4n) is 3.23. The maximum absolute atomic E-state index is 12.3. The van der Waals surface area contributed by atoms with Gasteiger partial charge in [0, 0.05) is 25.2 Å². The highest BCUT2D eigenvalue weighted by atomic mass is 16.2. The van der Waals surface area contributed by atoms with Crippen LogP contribution in [0.4, 0.5) is 5.82 Å². The number of nitrogens with zero attached hydrogens (tertiary/aromatic N) is 3. The molecule has 1 unspecified atom stereocenters. The van der Waals surface area contributed by atoms with E-state index in [-0.39, 0.29) is 5.91 Å². The summed E-state index contributed by atoms with van der Waals surface area (Å²) in [5.41, 5.74) is 1.09. The molecule has 0 bridgehead atoms. The molecule has 4 nitrogen and oxygen atoms in total. The van der Waals surface area contributed by atoms with E-state index >= 15 is 0 Å². The van der Waals surface area contributed by atoms with Gasteiger partial charge in [-0.2, -0.15) is 0 Å². The predicted molar refractivity (Wildman–Crippen MR) is 84.4 cm³/mol. The molecule has 2 saturated heterocycles. The molecule has 0 N–H and O–H groups in total. The fraction of sp³-hybridized carbons (Fsp3) is 0.647. The lowest BCUT2D eigenvalue weighted by molar-refractivity contribution is -0.120. The minimum Gasteiger partial charge on any atom is -0.303 e. The number of hydrogen-bond donors (Lipinski definition) is 0. The Morgan fingerprint density at radius 2 is 2.19 bits per heavy atom. The third-order valence-corrected chi connectivity index (χ3v) is 4.55. The zero-order valence-electron chi connectivity index (χ0n) is 12.9. The summed E-state index contributed by atoms with van der Waals surface area (Å²) in [6.45, 7) is 6.59. The molecule has 114 valence electrons. The van der Waals surface area contributed by atoms with Gasteiger partial charge < -0.3 is 4.90 Å². The molecular formula is C17H25N3O. The average molecular weight is 287 g/mol. The first-order valence-electron chi connectivity index (χ1n) is 8.25. The predicted octanol–water partition coefficient (Wildman–Crippen LogP) is 2.48. The number of likely N-dealkylation sites (tertiary alicyclic amines) is 1. The van der Waals surface area contributed by atoms with Crippen molar-refractivity contribution >= 4 is 11.7 Å². The highest BCUT2D eigenvalue weighted by molar-refractivity contribution is 5.93. The average Bonchev–Trinajstić information content (AvgIpc) is 2.45. The van der Waals surface area contributed by atoms with Crippen LogP contribution in [0.1, 0.15) is 38.3 Å². The second kappa shape index (κ2) is 6.56. The summed E-state index contributed by atoms with van der Waals surface area (Å²) in [5.74, 6) is 1.68. The van der Waals surface area contributed by atoms with Gasteiger partial charge in [0.1, 0.15) is 5.82 Å². The van der Waals surface area contributed by atoms with Crippen molar-refractivity contribution in [2.24, 2.45) is 5.92 Å². The van der Waals surface area contributed by atoms with E-state index in [1.165, 1.54) is 19.5 Å². The van der Waals surface area contributed by atoms with E-state index < -0.39 is 0 Å². The Bertz CT molecular complexity index is 499. The molecule has 0 aliphatic carbocycles. The van der Waals surface area contributed by atoms with E-state index in [1.54, 1.807) is 0 Å². The summed E-state index contributed by atoms with van der Waals surface area (Å²) in [4.78, 5) is 21.3.